The molecule has 0 amide bonds. The molecule has 108 valence electrons. The zero-order chi connectivity index (χ0) is 15.3. The van der Waals surface area contributed by atoms with Crippen LogP contribution in [0.25, 0.3) is 26.1 Å². The quantitative estimate of drug-likeness (QED) is 0.587. The van der Waals surface area contributed by atoms with Crippen molar-refractivity contribution in [1.29, 1.82) is 0 Å². The standard InChI is InChI=1S/C16H11N3O2S/c1-9-2-4-10(5-3-9)19-8-18-13-12-11(20)6-7-17-15(12)22-14(13)16(19)21/h2-8H,1H3,(H,17,20). The van der Waals surface area contributed by atoms with Crippen LogP contribution in [0.3, 0.4) is 0 Å². The van der Waals surface area contributed by atoms with Gasteiger partial charge in [-0.05, 0) is 25.1 Å². The summed E-state index contributed by atoms with van der Waals surface area (Å²) >= 11 is 1.25. The molecule has 0 saturated heterocycles. The Kier molecular flexibility index (Phi) is 2.74. The van der Waals surface area contributed by atoms with Crippen LogP contribution in [0.4, 0.5) is 0 Å². The highest BCUT2D eigenvalue weighted by Gasteiger charge is 2.15. The number of hydrogen-bond acceptors (Lipinski definition) is 5. The first-order valence-corrected chi connectivity index (χ1v) is 7.51. The molecule has 0 aliphatic heterocycles. The zero-order valence-electron chi connectivity index (χ0n) is 11.6. The lowest BCUT2D eigenvalue weighted by atomic mass is 10.2. The molecule has 0 bridgehead atoms. The van der Waals surface area contributed by atoms with Gasteiger partial charge in [0.2, 0.25) is 0 Å². The smallest absolute Gasteiger partial charge is 0.275 e. The number of thiophene rings is 1. The molecule has 4 aromatic rings. The summed E-state index contributed by atoms with van der Waals surface area (Å²) in [5.41, 5.74) is 2.23. The van der Waals surface area contributed by atoms with E-state index in [-0.39, 0.29) is 11.3 Å². The highest BCUT2D eigenvalue weighted by atomic mass is 32.1. The summed E-state index contributed by atoms with van der Waals surface area (Å²) < 4.78 is 2.00. The van der Waals surface area contributed by atoms with Gasteiger partial charge >= 0.3 is 0 Å². The summed E-state index contributed by atoms with van der Waals surface area (Å²) in [6.45, 7) is 1.99. The Hall–Kier alpha value is -2.73. The van der Waals surface area contributed by atoms with Crippen molar-refractivity contribution in [2.45, 2.75) is 6.92 Å². The van der Waals surface area contributed by atoms with Crippen molar-refractivity contribution in [2.75, 3.05) is 0 Å². The molecule has 1 N–H and O–H groups in total. The molecule has 0 fully saturated rings. The first kappa shape index (κ1) is 13.0. The first-order valence-electron chi connectivity index (χ1n) is 6.70. The fourth-order valence-corrected chi connectivity index (χ4v) is 3.47. The van der Waals surface area contributed by atoms with E-state index in [2.05, 4.69) is 9.97 Å². The van der Waals surface area contributed by atoms with Crippen LogP contribution < -0.4 is 5.56 Å². The fraction of sp³-hybridized carbons (Fsp3) is 0.0625. The van der Waals surface area contributed by atoms with Gasteiger partial charge in [-0.2, -0.15) is 0 Å². The number of fused-ring (bicyclic) bond motifs is 3. The lowest BCUT2D eigenvalue weighted by Gasteiger charge is -2.05. The second kappa shape index (κ2) is 4.64. The maximum atomic E-state index is 12.7. The van der Waals surface area contributed by atoms with Crippen molar-refractivity contribution in [3.63, 3.8) is 0 Å². The third-order valence-corrected chi connectivity index (χ3v) is 4.65. The van der Waals surface area contributed by atoms with Gasteiger partial charge in [-0.15, -0.1) is 11.3 Å². The van der Waals surface area contributed by atoms with Crippen molar-refractivity contribution in [1.82, 2.24) is 14.5 Å². The number of pyridine rings is 1. The van der Waals surface area contributed by atoms with E-state index in [1.807, 2.05) is 31.2 Å². The van der Waals surface area contributed by atoms with E-state index in [9.17, 15) is 9.90 Å². The van der Waals surface area contributed by atoms with Crippen molar-refractivity contribution in [3.8, 4) is 11.4 Å². The minimum Gasteiger partial charge on any atom is -0.507 e. The average molecular weight is 309 g/mol. The Balaban J connectivity index is 2.06. The molecule has 0 unspecified atom stereocenters. The van der Waals surface area contributed by atoms with Crippen LogP contribution in [0.2, 0.25) is 0 Å². The number of hydrogen-bond donors (Lipinski definition) is 1. The molecule has 0 radical (unpaired) electrons. The Bertz CT molecular complexity index is 1060. The van der Waals surface area contributed by atoms with E-state index >= 15 is 0 Å². The lowest BCUT2D eigenvalue weighted by Crippen LogP contribution is -2.17. The molecule has 0 saturated carbocycles. The molecule has 4 rings (SSSR count). The van der Waals surface area contributed by atoms with Gasteiger partial charge in [0.1, 0.15) is 27.1 Å². The van der Waals surface area contributed by atoms with E-state index < -0.39 is 0 Å². The lowest BCUT2D eigenvalue weighted by molar-refractivity contribution is 0.481. The molecule has 1 aromatic carbocycles. The monoisotopic (exact) mass is 309 g/mol. The molecule has 6 heteroatoms. The maximum absolute atomic E-state index is 12.7. The van der Waals surface area contributed by atoms with Crippen molar-refractivity contribution in [2.24, 2.45) is 0 Å². The zero-order valence-corrected chi connectivity index (χ0v) is 12.5. The molecule has 22 heavy (non-hydrogen) atoms. The summed E-state index contributed by atoms with van der Waals surface area (Å²) in [6, 6.07) is 9.16. The maximum Gasteiger partial charge on any atom is 0.275 e. The van der Waals surface area contributed by atoms with Gasteiger partial charge in [-0.25, -0.2) is 9.97 Å². The van der Waals surface area contributed by atoms with E-state index in [0.29, 0.717) is 20.4 Å². The number of nitrogens with zero attached hydrogens (tertiary/aromatic N) is 3. The van der Waals surface area contributed by atoms with Crippen LogP contribution in [-0.2, 0) is 0 Å². The Morgan fingerprint density at radius 2 is 1.91 bits per heavy atom. The molecule has 3 heterocycles. The SMILES string of the molecule is Cc1ccc(-n2cnc3c(sc4nccc(O)c43)c2=O)cc1. The van der Waals surface area contributed by atoms with Crippen LogP contribution in [-0.4, -0.2) is 19.6 Å². The normalized spacial score (nSPS) is 11.3. The van der Waals surface area contributed by atoms with E-state index in [1.54, 1.807) is 0 Å². The van der Waals surface area contributed by atoms with Crippen LogP contribution in [0.15, 0.2) is 47.7 Å². The Morgan fingerprint density at radius 3 is 2.68 bits per heavy atom. The highest BCUT2D eigenvalue weighted by Crippen LogP contribution is 2.34. The summed E-state index contributed by atoms with van der Waals surface area (Å²) in [5.74, 6) is 0.0937. The Morgan fingerprint density at radius 1 is 1.14 bits per heavy atom. The molecular formula is C16H11N3O2S. The third-order valence-electron chi connectivity index (χ3n) is 3.57. The highest BCUT2D eigenvalue weighted by molar-refractivity contribution is 7.25. The molecule has 0 aliphatic carbocycles. The van der Waals surface area contributed by atoms with Crippen LogP contribution in [0.5, 0.6) is 5.75 Å². The second-order valence-corrected chi connectivity index (χ2v) is 6.04. The second-order valence-electron chi connectivity index (χ2n) is 5.05. The topological polar surface area (TPSA) is 68.0 Å². The molecule has 0 atom stereocenters. The minimum absolute atomic E-state index is 0.0937. The fourth-order valence-electron chi connectivity index (χ4n) is 2.43. The minimum atomic E-state index is -0.156. The Labute approximate surface area is 129 Å². The number of aromatic nitrogens is 3. The van der Waals surface area contributed by atoms with Gasteiger partial charge in [0.15, 0.2) is 0 Å². The summed E-state index contributed by atoms with van der Waals surface area (Å²) in [4.78, 5) is 21.9. The van der Waals surface area contributed by atoms with Gasteiger partial charge in [-0.3, -0.25) is 9.36 Å². The van der Waals surface area contributed by atoms with Crippen LogP contribution in [0, 0.1) is 6.92 Å². The van der Waals surface area contributed by atoms with Crippen LogP contribution >= 0.6 is 11.3 Å². The van der Waals surface area contributed by atoms with E-state index in [4.69, 9.17) is 0 Å². The summed E-state index contributed by atoms with van der Waals surface area (Å²) in [5, 5.41) is 10.5. The number of benzene rings is 1. The molecule has 0 aliphatic rings. The molecule has 5 nitrogen and oxygen atoms in total. The third kappa shape index (κ3) is 1.81. The molecular weight excluding hydrogens is 298 g/mol. The van der Waals surface area contributed by atoms with E-state index in [1.165, 1.54) is 34.5 Å². The summed E-state index contributed by atoms with van der Waals surface area (Å²) in [7, 11) is 0. The van der Waals surface area contributed by atoms with Crippen LogP contribution in [0.1, 0.15) is 5.56 Å². The largest absolute Gasteiger partial charge is 0.507 e. The van der Waals surface area contributed by atoms with Gasteiger partial charge in [0, 0.05) is 6.20 Å². The predicted octanol–water partition coefficient (Wildman–Crippen LogP) is 3.01. The van der Waals surface area contributed by atoms with Gasteiger partial charge in [0.25, 0.3) is 5.56 Å². The number of aryl methyl sites for hydroxylation is 1. The summed E-state index contributed by atoms with van der Waals surface area (Å²) in [6.07, 6.45) is 3.01. The van der Waals surface area contributed by atoms with Crippen molar-refractivity contribution >= 4 is 31.8 Å². The molecule has 0 spiro atoms. The van der Waals surface area contributed by atoms with Gasteiger partial charge in [-0.1, -0.05) is 17.7 Å². The van der Waals surface area contributed by atoms with E-state index in [0.717, 1.165) is 11.3 Å². The average Bonchev–Trinajstić information content (AvgIpc) is 2.90. The number of aromatic hydroxyl groups is 1. The first-order chi connectivity index (χ1) is 10.6. The molecule has 3 aromatic heterocycles. The van der Waals surface area contributed by atoms with Crippen molar-refractivity contribution < 1.29 is 5.11 Å². The number of rotatable bonds is 1. The predicted molar refractivity (Wildman–Crippen MR) is 86.9 cm³/mol. The van der Waals surface area contributed by atoms with Gasteiger partial charge in [0.05, 0.1) is 11.1 Å². The van der Waals surface area contributed by atoms with Crippen molar-refractivity contribution in [3.05, 3.63) is 58.8 Å². The van der Waals surface area contributed by atoms with Gasteiger partial charge < -0.3 is 5.11 Å².